The van der Waals surface area contributed by atoms with Gasteiger partial charge in [0.2, 0.25) is 5.91 Å². The first-order chi connectivity index (χ1) is 10.1. The quantitative estimate of drug-likeness (QED) is 0.435. The molecule has 0 aromatic heterocycles. The Labute approximate surface area is 125 Å². The summed E-state index contributed by atoms with van der Waals surface area (Å²) >= 11 is 0. The third-order valence-electron chi connectivity index (χ3n) is 2.81. The smallest absolute Gasteiger partial charge is 0.438 e. The summed E-state index contributed by atoms with van der Waals surface area (Å²) in [5.41, 5.74) is 1.67. The van der Waals surface area contributed by atoms with Crippen LogP contribution in [0.3, 0.4) is 0 Å². The molecule has 1 unspecified atom stereocenters. The molecule has 6 nitrogen and oxygen atoms in total. The summed E-state index contributed by atoms with van der Waals surface area (Å²) in [6.45, 7) is 2.52. The highest BCUT2D eigenvalue weighted by Crippen LogP contribution is 2.30. The molecule has 0 aliphatic rings. The Kier molecular flexibility index (Phi) is 5.37. The van der Waals surface area contributed by atoms with E-state index in [9.17, 15) is 22.8 Å². The Bertz CT molecular complexity index is 563. The van der Waals surface area contributed by atoms with Crippen LogP contribution in [0.5, 0.6) is 0 Å². The van der Waals surface area contributed by atoms with E-state index < -0.39 is 23.7 Å². The van der Waals surface area contributed by atoms with Gasteiger partial charge < -0.3 is 15.5 Å². The number of carbonyl (C=O) groups is 2. The van der Waals surface area contributed by atoms with Crippen molar-refractivity contribution < 1.29 is 27.5 Å². The Morgan fingerprint density at radius 3 is 2.23 bits per heavy atom. The van der Waals surface area contributed by atoms with Gasteiger partial charge in [-0.05, 0) is 18.6 Å². The van der Waals surface area contributed by atoms with Gasteiger partial charge in [-0.15, -0.1) is 0 Å². The molecule has 9 heteroatoms. The maximum Gasteiger partial charge on any atom is 0.438 e. The molecule has 0 spiro atoms. The van der Waals surface area contributed by atoms with Crippen LogP contribution in [-0.4, -0.2) is 30.8 Å². The van der Waals surface area contributed by atoms with Crippen LogP contribution < -0.4 is 16.2 Å². The number of benzene rings is 1. The molecule has 0 radical (unpaired) electrons. The summed E-state index contributed by atoms with van der Waals surface area (Å²) < 4.78 is 44.3. The lowest BCUT2D eigenvalue weighted by Gasteiger charge is -2.34. The lowest BCUT2D eigenvalue weighted by Crippen LogP contribution is -2.73. The maximum absolute atomic E-state index is 13.4. The van der Waals surface area contributed by atoms with Crippen LogP contribution in [0.25, 0.3) is 0 Å². The SMILES string of the molecule is COC(=O)C(NNc1ccccc1C)(NC(C)=O)C(F)(F)F. The molecule has 0 saturated heterocycles. The summed E-state index contributed by atoms with van der Waals surface area (Å²) in [5.74, 6) is -2.75. The Morgan fingerprint density at radius 2 is 1.77 bits per heavy atom. The van der Waals surface area contributed by atoms with Gasteiger partial charge in [0.1, 0.15) is 0 Å². The van der Waals surface area contributed by atoms with E-state index in [1.807, 2.05) is 5.43 Å². The fraction of sp³-hybridized carbons (Fsp3) is 0.385. The number of hydrogen-bond acceptors (Lipinski definition) is 5. The summed E-state index contributed by atoms with van der Waals surface area (Å²) in [4.78, 5) is 22.8. The van der Waals surface area contributed by atoms with E-state index in [0.29, 0.717) is 11.3 Å². The van der Waals surface area contributed by atoms with Crippen molar-refractivity contribution in [3.05, 3.63) is 29.8 Å². The number of esters is 1. The molecule has 1 amide bonds. The van der Waals surface area contributed by atoms with Gasteiger partial charge in [0, 0.05) is 6.92 Å². The van der Waals surface area contributed by atoms with Crippen molar-refractivity contribution in [2.75, 3.05) is 12.5 Å². The molecular formula is C13H16F3N3O3. The van der Waals surface area contributed by atoms with Crippen LogP contribution in [0.1, 0.15) is 12.5 Å². The van der Waals surface area contributed by atoms with Crippen molar-refractivity contribution in [1.82, 2.24) is 10.7 Å². The number of aryl methyl sites for hydroxylation is 1. The van der Waals surface area contributed by atoms with Crippen LogP contribution in [0.4, 0.5) is 18.9 Å². The highest BCUT2D eigenvalue weighted by atomic mass is 19.4. The molecule has 0 aliphatic heterocycles. The highest BCUT2D eigenvalue weighted by molar-refractivity contribution is 5.87. The van der Waals surface area contributed by atoms with Gasteiger partial charge in [-0.25, -0.2) is 4.79 Å². The fourth-order valence-electron chi connectivity index (χ4n) is 1.68. The van der Waals surface area contributed by atoms with E-state index in [4.69, 9.17) is 0 Å². The van der Waals surface area contributed by atoms with Crippen LogP contribution in [0.2, 0.25) is 0 Å². The molecule has 0 saturated carbocycles. The standard InChI is InChI=1S/C13H16F3N3O3/c1-8-6-4-5-7-10(8)18-19-12(11(21)22-3,13(14,15)16)17-9(2)20/h4-7,18-19H,1-3H3,(H,17,20). The van der Waals surface area contributed by atoms with Gasteiger partial charge in [-0.3, -0.25) is 4.79 Å². The summed E-state index contributed by atoms with van der Waals surface area (Å²) in [7, 11) is 0.792. The topological polar surface area (TPSA) is 79.5 Å². The monoisotopic (exact) mass is 319 g/mol. The first kappa shape index (κ1) is 17.8. The van der Waals surface area contributed by atoms with Gasteiger partial charge in [0.15, 0.2) is 0 Å². The number of methoxy groups -OCH3 is 1. The van der Waals surface area contributed by atoms with E-state index in [-0.39, 0.29) is 0 Å². The van der Waals surface area contributed by atoms with E-state index in [0.717, 1.165) is 14.0 Å². The number of para-hydroxylation sites is 1. The highest BCUT2D eigenvalue weighted by Gasteiger charge is 2.63. The minimum absolute atomic E-state index is 0.311. The number of rotatable bonds is 5. The lowest BCUT2D eigenvalue weighted by molar-refractivity contribution is -0.218. The maximum atomic E-state index is 13.4. The average molecular weight is 319 g/mol. The molecule has 0 aliphatic carbocycles. The minimum atomic E-state index is -5.14. The number of ether oxygens (including phenoxy) is 1. The minimum Gasteiger partial charge on any atom is -0.466 e. The summed E-state index contributed by atoms with van der Waals surface area (Å²) in [6.07, 6.45) is -5.14. The van der Waals surface area contributed by atoms with Gasteiger partial charge in [0.25, 0.3) is 0 Å². The largest absolute Gasteiger partial charge is 0.466 e. The molecule has 3 N–H and O–H groups in total. The van der Waals surface area contributed by atoms with Crippen molar-refractivity contribution in [3.8, 4) is 0 Å². The molecule has 0 bridgehead atoms. The molecule has 122 valence electrons. The zero-order valence-electron chi connectivity index (χ0n) is 12.2. The van der Waals surface area contributed by atoms with Crippen LogP contribution in [-0.2, 0) is 14.3 Å². The second kappa shape index (κ2) is 6.65. The summed E-state index contributed by atoms with van der Waals surface area (Å²) in [5, 5.41) is 1.56. The van der Waals surface area contributed by atoms with E-state index in [1.54, 1.807) is 30.4 Å². The second-order valence-corrected chi connectivity index (χ2v) is 4.49. The number of alkyl halides is 3. The van der Waals surface area contributed by atoms with Gasteiger partial charge in [-0.1, -0.05) is 18.2 Å². The summed E-state index contributed by atoms with van der Waals surface area (Å²) in [6, 6.07) is 6.47. The van der Waals surface area contributed by atoms with Crippen LogP contribution in [0, 0.1) is 6.92 Å². The Hall–Kier alpha value is -2.29. The third kappa shape index (κ3) is 3.67. The first-order valence-corrected chi connectivity index (χ1v) is 6.16. The second-order valence-electron chi connectivity index (χ2n) is 4.49. The van der Waals surface area contributed by atoms with Gasteiger partial charge in [0.05, 0.1) is 12.8 Å². The third-order valence-corrected chi connectivity index (χ3v) is 2.81. The number of hydrogen-bond donors (Lipinski definition) is 3. The molecule has 1 aromatic rings. The number of carbonyl (C=O) groups excluding carboxylic acids is 2. The molecular weight excluding hydrogens is 303 g/mol. The molecule has 0 heterocycles. The van der Waals surface area contributed by atoms with E-state index in [1.165, 1.54) is 6.07 Å². The number of amides is 1. The molecule has 1 aromatic carbocycles. The number of hydrazine groups is 1. The zero-order valence-corrected chi connectivity index (χ0v) is 12.2. The van der Waals surface area contributed by atoms with Crippen molar-refractivity contribution >= 4 is 17.6 Å². The van der Waals surface area contributed by atoms with Crippen molar-refractivity contribution in [2.24, 2.45) is 0 Å². The molecule has 22 heavy (non-hydrogen) atoms. The number of anilines is 1. The Balaban J connectivity index is 3.16. The lowest BCUT2D eigenvalue weighted by atomic mass is 10.1. The first-order valence-electron chi connectivity index (χ1n) is 6.16. The van der Waals surface area contributed by atoms with Crippen LogP contribution in [0.15, 0.2) is 24.3 Å². The average Bonchev–Trinajstić information content (AvgIpc) is 2.42. The molecule has 0 fully saturated rings. The number of nitrogens with one attached hydrogen (secondary N) is 3. The predicted molar refractivity (Wildman–Crippen MR) is 72.6 cm³/mol. The van der Waals surface area contributed by atoms with Crippen molar-refractivity contribution in [1.29, 1.82) is 0 Å². The number of halogens is 3. The normalized spacial score (nSPS) is 13.9. The van der Waals surface area contributed by atoms with Crippen molar-refractivity contribution in [2.45, 2.75) is 25.7 Å². The molecule has 1 atom stereocenters. The van der Waals surface area contributed by atoms with E-state index in [2.05, 4.69) is 10.2 Å². The van der Waals surface area contributed by atoms with Crippen molar-refractivity contribution in [3.63, 3.8) is 0 Å². The van der Waals surface area contributed by atoms with Gasteiger partial charge >= 0.3 is 17.8 Å². The predicted octanol–water partition coefficient (Wildman–Crippen LogP) is 1.48. The van der Waals surface area contributed by atoms with E-state index >= 15 is 0 Å². The van der Waals surface area contributed by atoms with Crippen LogP contribution >= 0.6 is 0 Å². The zero-order chi connectivity index (χ0) is 17.0. The van der Waals surface area contributed by atoms with Gasteiger partial charge in [-0.2, -0.15) is 18.6 Å². The fourth-order valence-corrected chi connectivity index (χ4v) is 1.68. The molecule has 1 rings (SSSR count). The Morgan fingerprint density at radius 1 is 1.18 bits per heavy atom.